The maximum Gasteiger partial charge on any atom is 0.226 e. The van der Waals surface area contributed by atoms with Gasteiger partial charge in [0.25, 0.3) is 0 Å². The van der Waals surface area contributed by atoms with Gasteiger partial charge in [0.1, 0.15) is 12.5 Å². The predicted molar refractivity (Wildman–Crippen MR) is 154 cm³/mol. The SMILES string of the molecule is COc1cc(-c2nc(CN3CCN(Cc4coc(-c5cc(OC)c(OC)c(OC)c5)n4)CC3)co2)cc(OC)c1OC. The van der Waals surface area contributed by atoms with Crippen LogP contribution < -0.4 is 28.4 Å². The van der Waals surface area contributed by atoms with E-state index in [1.807, 2.05) is 24.3 Å². The molecular weight excluding hydrogens is 544 g/mol. The van der Waals surface area contributed by atoms with E-state index in [1.165, 1.54) is 0 Å². The van der Waals surface area contributed by atoms with Gasteiger partial charge < -0.3 is 37.3 Å². The van der Waals surface area contributed by atoms with Crippen molar-refractivity contribution in [3.63, 3.8) is 0 Å². The molecule has 2 aromatic heterocycles. The highest BCUT2D eigenvalue weighted by molar-refractivity contribution is 5.67. The van der Waals surface area contributed by atoms with Crippen molar-refractivity contribution in [3.05, 3.63) is 48.2 Å². The highest BCUT2D eigenvalue weighted by atomic mass is 16.5. The Morgan fingerprint density at radius 3 is 1.17 bits per heavy atom. The second kappa shape index (κ2) is 13.0. The summed E-state index contributed by atoms with van der Waals surface area (Å²) >= 11 is 0. The minimum absolute atomic E-state index is 0.497. The molecule has 4 aromatic rings. The van der Waals surface area contributed by atoms with Crippen LogP contribution in [0.4, 0.5) is 0 Å². The summed E-state index contributed by atoms with van der Waals surface area (Å²) in [5, 5.41) is 0. The maximum absolute atomic E-state index is 5.80. The molecule has 0 bridgehead atoms. The molecule has 0 saturated carbocycles. The van der Waals surface area contributed by atoms with E-state index in [9.17, 15) is 0 Å². The average molecular weight is 581 g/mol. The zero-order valence-corrected chi connectivity index (χ0v) is 24.8. The zero-order chi connectivity index (χ0) is 29.6. The molecule has 12 nitrogen and oxygen atoms in total. The van der Waals surface area contributed by atoms with Crippen molar-refractivity contribution in [1.29, 1.82) is 0 Å². The highest BCUT2D eigenvalue weighted by Gasteiger charge is 2.22. The lowest BCUT2D eigenvalue weighted by molar-refractivity contribution is 0.120. The summed E-state index contributed by atoms with van der Waals surface area (Å²) in [5.41, 5.74) is 3.22. The van der Waals surface area contributed by atoms with Gasteiger partial charge in [0.15, 0.2) is 23.0 Å². The fourth-order valence-corrected chi connectivity index (χ4v) is 5.00. The molecule has 3 heterocycles. The molecule has 0 N–H and O–H groups in total. The van der Waals surface area contributed by atoms with Crippen LogP contribution in [0.2, 0.25) is 0 Å². The number of ether oxygens (including phenoxy) is 6. The van der Waals surface area contributed by atoms with Gasteiger partial charge in [-0.1, -0.05) is 0 Å². The minimum atomic E-state index is 0.497. The Morgan fingerprint density at radius 1 is 0.548 bits per heavy atom. The van der Waals surface area contributed by atoms with Gasteiger partial charge >= 0.3 is 0 Å². The van der Waals surface area contributed by atoms with E-state index in [-0.39, 0.29) is 0 Å². The second-order valence-electron chi connectivity index (χ2n) is 9.67. The first-order valence-corrected chi connectivity index (χ1v) is 13.4. The standard InChI is InChI=1S/C30H36N4O8/c1-35-23-11-19(12-24(36-2)27(23)39-5)29-31-21(17-41-29)15-33-7-9-34(10-8-33)16-22-18-42-30(32-22)20-13-25(37-3)28(40-6)26(14-20)38-4/h11-14,17-18H,7-10,15-16H2,1-6H3. The molecule has 0 atom stereocenters. The van der Waals surface area contributed by atoms with Crippen LogP contribution in [-0.2, 0) is 13.1 Å². The van der Waals surface area contributed by atoms with E-state index in [4.69, 9.17) is 47.2 Å². The third kappa shape index (κ3) is 6.09. The summed E-state index contributed by atoms with van der Waals surface area (Å²) in [6.07, 6.45) is 3.40. The number of benzene rings is 2. The largest absolute Gasteiger partial charge is 0.493 e. The quantitative estimate of drug-likeness (QED) is 0.237. The third-order valence-electron chi connectivity index (χ3n) is 7.16. The van der Waals surface area contributed by atoms with E-state index in [1.54, 1.807) is 55.2 Å². The average Bonchev–Trinajstić information content (AvgIpc) is 3.70. The van der Waals surface area contributed by atoms with E-state index in [0.717, 1.165) is 48.7 Å². The number of hydrogen-bond acceptors (Lipinski definition) is 12. The van der Waals surface area contributed by atoms with Crippen molar-refractivity contribution in [2.24, 2.45) is 0 Å². The lowest BCUT2D eigenvalue weighted by Gasteiger charge is -2.33. The van der Waals surface area contributed by atoms with Crippen LogP contribution in [0.15, 0.2) is 45.6 Å². The number of oxazole rings is 2. The molecule has 42 heavy (non-hydrogen) atoms. The molecule has 0 spiro atoms. The van der Waals surface area contributed by atoms with E-state index >= 15 is 0 Å². The van der Waals surface area contributed by atoms with Crippen LogP contribution in [-0.4, -0.2) is 88.6 Å². The number of piperazine rings is 1. The number of hydrogen-bond donors (Lipinski definition) is 0. The van der Waals surface area contributed by atoms with Crippen LogP contribution >= 0.6 is 0 Å². The third-order valence-corrected chi connectivity index (χ3v) is 7.16. The van der Waals surface area contributed by atoms with Crippen molar-refractivity contribution in [3.8, 4) is 57.4 Å². The zero-order valence-electron chi connectivity index (χ0n) is 24.8. The van der Waals surface area contributed by atoms with Gasteiger partial charge in [-0.05, 0) is 24.3 Å². The van der Waals surface area contributed by atoms with Gasteiger partial charge in [-0.3, -0.25) is 9.80 Å². The Labute approximate surface area is 244 Å². The molecule has 0 amide bonds. The Kier molecular flexibility index (Phi) is 9.03. The lowest BCUT2D eigenvalue weighted by atomic mass is 10.2. The van der Waals surface area contributed by atoms with Crippen molar-refractivity contribution >= 4 is 0 Å². The monoisotopic (exact) mass is 580 g/mol. The molecular formula is C30H36N4O8. The number of nitrogens with zero attached hydrogens (tertiary/aromatic N) is 4. The minimum Gasteiger partial charge on any atom is -0.493 e. The van der Waals surface area contributed by atoms with Gasteiger partial charge in [0.2, 0.25) is 23.3 Å². The van der Waals surface area contributed by atoms with Gasteiger partial charge in [0, 0.05) is 50.4 Å². The lowest BCUT2D eigenvalue weighted by Crippen LogP contribution is -2.45. The number of rotatable bonds is 12. The number of aromatic nitrogens is 2. The Morgan fingerprint density at radius 2 is 0.881 bits per heavy atom. The van der Waals surface area contributed by atoms with Gasteiger partial charge in [0.05, 0.1) is 54.0 Å². The van der Waals surface area contributed by atoms with Crippen molar-refractivity contribution in [2.75, 3.05) is 68.8 Å². The van der Waals surface area contributed by atoms with Crippen molar-refractivity contribution in [2.45, 2.75) is 13.1 Å². The Bertz CT molecular complexity index is 1330. The van der Waals surface area contributed by atoms with Crippen LogP contribution in [0, 0.1) is 0 Å². The summed E-state index contributed by atoms with van der Waals surface area (Å²) in [4.78, 5) is 14.1. The molecule has 12 heteroatoms. The van der Waals surface area contributed by atoms with E-state index in [0.29, 0.717) is 59.4 Å². The number of methoxy groups -OCH3 is 6. The van der Waals surface area contributed by atoms with Gasteiger partial charge in [-0.2, -0.15) is 0 Å². The normalized spacial score (nSPS) is 14.0. The summed E-state index contributed by atoms with van der Waals surface area (Å²) < 4.78 is 44.3. The molecule has 224 valence electrons. The molecule has 0 radical (unpaired) electrons. The second-order valence-corrected chi connectivity index (χ2v) is 9.67. The molecule has 1 fully saturated rings. The Hall–Kier alpha value is -4.42. The first kappa shape index (κ1) is 29.1. The smallest absolute Gasteiger partial charge is 0.226 e. The Balaban J connectivity index is 1.18. The molecule has 1 saturated heterocycles. The molecule has 2 aromatic carbocycles. The molecule has 0 aliphatic carbocycles. The summed E-state index contributed by atoms with van der Waals surface area (Å²) in [5.74, 6) is 4.23. The van der Waals surface area contributed by atoms with Crippen molar-refractivity contribution in [1.82, 2.24) is 19.8 Å². The van der Waals surface area contributed by atoms with E-state index in [2.05, 4.69) is 9.80 Å². The topological polar surface area (TPSA) is 114 Å². The van der Waals surface area contributed by atoms with Crippen LogP contribution in [0.1, 0.15) is 11.4 Å². The summed E-state index contributed by atoms with van der Waals surface area (Å²) in [6.45, 7) is 4.95. The first-order valence-electron chi connectivity index (χ1n) is 13.4. The highest BCUT2D eigenvalue weighted by Crippen LogP contribution is 2.42. The van der Waals surface area contributed by atoms with Gasteiger partial charge in [-0.15, -0.1) is 0 Å². The van der Waals surface area contributed by atoms with Crippen LogP contribution in [0.25, 0.3) is 22.9 Å². The fraction of sp³-hybridized carbons (Fsp3) is 0.400. The van der Waals surface area contributed by atoms with Gasteiger partial charge in [-0.25, -0.2) is 9.97 Å². The molecule has 1 aliphatic rings. The molecule has 1 aliphatic heterocycles. The van der Waals surface area contributed by atoms with Crippen LogP contribution in [0.5, 0.6) is 34.5 Å². The van der Waals surface area contributed by atoms with Crippen molar-refractivity contribution < 1.29 is 37.3 Å². The summed E-state index contributed by atoms with van der Waals surface area (Å²) in [7, 11) is 9.48. The van der Waals surface area contributed by atoms with E-state index < -0.39 is 0 Å². The fourth-order valence-electron chi connectivity index (χ4n) is 5.00. The molecule has 5 rings (SSSR count). The predicted octanol–water partition coefficient (Wildman–Crippen LogP) is 4.37. The summed E-state index contributed by atoms with van der Waals surface area (Å²) in [6, 6.07) is 7.30. The molecule has 0 unspecified atom stereocenters. The maximum atomic E-state index is 5.80. The first-order chi connectivity index (χ1) is 20.5. The van der Waals surface area contributed by atoms with Crippen LogP contribution in [0.3, 0.4) is 0 Å².